The van der Waals surface area contributed by atoms with Crippen LogP contribution in [0.5, 0.6) is 0 Å². The van der Waals surface area contributed by atoms with Crippen LogP contribution in [0.25, 0.3) is 0 Å². The minimum absolute atomic E-state index is 0.228. The highest BCUT2D eigenvalue weighted by atomic mass is 35.5. The van der Waals surface area contributed by atoms with Crippen molar-refractivity contribution >= 4 is 11.6 Å². The van der Waals surface area contributed by atoms with Crippen molar-refractivity contribution in [1.82, 2.24) is 5.32 Å². The van der Waals surface area contributed by atoms with Crippen molar-refractivity contribution in [2.24, 2.45) is 0 Å². The largest absolute Gasteiger partial charge is 0.359 e. The van der Waals surface area contributed by atoms with Crippen LogP contribution >= 0.6 is 11.6 Å². The number of ether oxygens (including phenoxy) is 1. The first-order valence-electron chi connectivity index (χ1n) is 2.22. The molecule has 3 heteroatoms. The molecule has 1 atom stereocenters. The molecule has 0 aromatic heterocycles. The Morgan fingerprint density at radius 3 is 3.00 bits per heavy atom. The zero-order chi connectivity index (χ0) is 5.11. The van der Waals surface area contributed by atoms with E-state index >= 15 is 0 Å². The number of hydrogen-bond donors (Lipinski definition) is 1. The highest BCUT2D eigenvalue weighted by molar-refractivity contribution is 6.20. The van der Waals surface area contributed by atoms with E-state index in [2.05, 4.69) is 5.32 Å². The summed E-state index contributed by atoms with van der Waals surface area (Å²) in [7, 11) is 0. The van der Waals surface area contributed by atoms with Crippen LogP contribution < -0.4 is 5.32 Å². The van der Waals surface area contributed by atoms with E-state index in [-0.39, 0.29) is 5.56 Å². The zero-order valence-corrected chi connectivity index (χ0v) is 4.61. The summed E-state index contributed by atoms with van der Waals surface area (Å²) < 4.78 is 4.93. The van der Waals surface area contributed by atoms with E-state index in [0.29, 0.717) is 6.61 Å². The Labute approximate surface area is 47.8 Å². The molecule has 0 saturated carbocycles. The molecule has 7 heavy (non-hydrogen) atoms. The molecule has 1 rings (SSSR count). The maximum Gasteiger partial charge on any atom is 0.148 e. The summed E-state index contributed by atoms with van der Waals surface area (Å²) in [5.74, 6) is 0. The SMILES string of the molecule is ClC1[CH]NCCO1. The summed E-state index contributed by atoms with van der Waals surface area (Å²) in [5, 5.41) is 2.95. The lowest BCUT2D eigenvalue weighted by atomic mass is 10.5. The number of hydrogen-bond acceptors (Lipinski definition) is 2. The van der Waals surface area contributed by atoms with Gasteiger partial charge in [0.05, 0.1) is 13.2 Å². The van der Waals surface area contributed by atoms with Gasteiger partial charge in [0.25, 0.3) is 0 Å². The Bertz CT molecular complexity index is 53.7. The van der Waals surface area contributed by atoms with Crippen LogP contribution in [-0.2, 0) is 4.74 Å². The van der Waals surface area contributed by atoms with Gasteiger partial charge >= 0.3 is 0 Å². The Kier molecular flexibility index (Phi) is 1.91. The minimum atomic E-state index is -0.228. The molecule has 1 unspecified atom stereocenters. The van der Waals surface area contributed by atoms with Crippen LogP contribution in [0.1, 0.15) is 0 Å². The van der Waals surface area contributed by atoms with E-state index in [0.717, 1.165) is 6.54 Å². The average Bonchev–Trinajstić information content (AvgIpc) is 1.69. The smallest absolute Gasteiger partial charge is 0.148 e. The van der Waals surface area contributed by atoms with Crippen LogP contribution in [0.15, 0.2) is 0 Å². The number of alkyl halides is 1. The van der Waals surface area contributed by atoms with Crippen LogP contribution in [0.2, 0.25) is 0 Å². The molecule has 0 amide bonds. The van der Waals surface area contributed by atoms with Gasteiger partial charge in [-0.2, -0.15) is 0 Å². The van der Waals surface area contributed by atoms with Crippen molar-refractivity contribution in [2.45, 2.75) is 5.56 Å². The maximum absolute atomic E-state index is 5.48. The second kappa shape index (κ2) is 2.50. The van der Waals surface area contributed by atoms with E-state index in [1.54, 1.807) is 6.54 Å². The molecule has 0 aromatic carbocycles. The second-order valence-electron chi connectivity index (χ2n) is 1.34. The molecule has 1 saturated heterocycles. The van der Waals surface area contributed by atoms with Gasteiger partial charge < -0.3 is 10.1 Å². The molecule has 0 spiro atoms. The zero-order valence-electron chi connectivity index (χ0n) is 3.86. The van der Waals surface area contributed by atoms with E-state index in [1.165, 1.54) is 0 Å². The number of rotatable bonds is 0. The lowest BCUT2D eigenvalue weighted by molar-refractivity contribution is 0.101. The highest BCUT2D eigenvalue weighted by Gasteiger charge is 2.07. The summed E-state index contributed by atoms with van der Waals surface area (Å²) in [6.07, 6.45) is 0. The van der Waals surface area contributed by atoms with Gasteiger partial charge in [0.15, 0.2) is 0 Å². The normalized spacial score (nSPS) is 33.0. The van der Waals surface area contributed by atoms with Crippen LogP contribution in [0, 0.1) is 6.54 Å². The van der Waals surface area contributed by atoms with E-state index in [1.807, 2.05) is 0 Å². The predicted octanol–water partition coefficient (Wildman–Crippen LogP) is 0.333. The second-order valence-corrected chi connectivity index (χ2v) is 1.77. The molecule has 0 aromatic rings. The van der Waals surface area contributed by atoms with Crippen molar-refractivity contribution in [1.29, 1.82) is 0 Å². The van der Waals surface area contributed by atoms with Gasteiger partial charge in [-0.1, -0.05) is 11.6 Å². The Hall–Kier alpha value is 0.210. The molecule has 1 fully saturated rings. The number of morpholine rings is 1. The molecule has 2 nitrogen and oxygen atoms in total. The number of halogens is 1. The van der Waals surface area contributed by atoms with E-state index in [9.17, 15) is 0 Å². The minimum Gasteiger partial charge on any atom is -0.359 e. The maximum atomic E-state index is 5.48. The van der Waals surface area contributed by atoms with Crippen LogP contribution in [0.3, 0.4) is 0 Å². The summed E-state index contributed by atoms with van der Waals surface area (Å²) >= 11 is 5.48. The van der Waals surface area contributed by atoms with E-state index in [4.69, 9.17) is 16.3 Å². The van der Waals surface area contributed by atoms with Gasteiger partial charge in [-0.05, 0) is 0 Å². The molecule has 1 radical (unpaired) electrons. The lowest BCUT2D eigenvalue weighted by Crippen LogP contribution is -2.30. The molecule has 1 heterocycles. The topological polar surface area (TPSA) is 21.3 Å². The quantitative estimate of drug-likeness (QED) is 0.466. The van der Waals surface area contributed by atoms with Crippen LogP contribution in [-0.4, -0.2) is 18.7 Å². The fourth-order valence-electron chi connectivity index (χ4n) is 0.455. The first-order valence-corrected chi connectivity index (χ1v) is 2.65. The van der Waals surface area contributed by atoms with Gasteiger partial charge in [-0.25, -0.2) is 0 Å². The third-order valence-electron chi connectivity index (χ3n) is 0.772. The fourth-order valence-corrected chi connectivity index (χ4v) is 0.633. The molecule has 0 aliphatic carbocycles. The highest BCUT2D eigenvalue weighted by Crippen LogP contribution is 2.02. The molecule has 41 valence electrons. The van der Waals surface area contributed by atoms with Crippen molar-refractivity contribution in [2.75, 3.05) is 13.2 Å². The van der Waals surface area contributed by atoms with Crippen molar-refractivity contribution in [3.8, 4) is 0 Å². The Morgan fingerprint density at radius 1 is 1.86 bits per heavy atom. The molecule has 0 bridgehead atoms. The van der Waals surface area contributed by atoms with E-state index < -0.39 is 0 Å². The lowest BCUT2D eigenvalue weighted by Gasteiger charge is -2.16. The third-order valence-corrected chi connectivity index (χ3v) is 1.02. The fraction of sp³-hybridized carbons (Fsp3) is 0.750. The van der Waals surface area contributed by atoms with Crippen molar-refractivity contribution in [3.05, 3.63) is 6.54 Å². The van der Waals surface area contributed by atoms with Gasteiger partial charge in [-0.15, -0.1) is 0 Å². The first kappa shape index (κ1) is 5.35. The molecule has 1 aliphatic rings. The Morgan fingerprint density at radius 2 is 2.71 bits per heavy atom. The average molecular weight is 121 g/mol. The summed E-state index contributed by atoms with van der Waals surface area (Å²) in [4.78, 5) is 0. The molecular weight excluding hydrogens is 114 g/mol. The molecular formula is C4H7ClNO. The standard InChI is InChI=1S/C4H7ClNO/c5-4-3-6-1-2-7-4/h3-4,6H,1-2H2. The van der Waals surface area contributed by atoms with Crippen molar-refractivity contribution < 1.29 is 4.74 Å². The summed E-state index contributed by atoms with van der Waals surface area (Å²) in [6.45, 7) is 3.32. The predicted molar refractivity (Wildman–Crippen MR) is 27.9 cm³/mol. The first-order chi connectivity index (χ1) is 3.39. The Balaban J connectivity index is 2.12. The van der Waals surface area contributed by atoms with Gasteiger partial charge in [0.1, 0.15) is 5.56 Å². The summed E-state index contributed by atoms with van der Waals surface area (Å²) in [5.41, 5.74) is -0.228. The number of nitrogens with one attached hydrogen (secondary N) is 1. The summed E-state index contributed by atoms with van der Waals surface area (Å²) in [6, 6.07) is 0. The molecule has 1 N–H and O–H groups in total. The van der Waals surface area contributed by atoms with Gasteiger partial charge in [-0.3, -0.25) is 0 Å². The van der Waals surface area contributed by atoms with Crippen molar-refractivity contribution in [3.63, 3.8) is 0 Å². The monoisotopic (exact) mass is 120 g/mol. The molecule has 1 aliphatic heterocycles. The van der Waals surface area contributed by atoms with Crippen LogP contribution in [0.4, 0.5) is 0 Å². The van der Waals surface area contributed by atoms with Gasteiger partial charge in [0.2, 0.25) is 0 Å². The third kappa shape index (κ3) is 1.63. The van der Waals surface area contributed by atoms with Gasteiger partial charge in [0, 0.05) is 6.54 Å².